The van der Waals surface area contributed by atoms with Gasteiger partial charge < -0.3 is 5.32 Å². The molecule has 0 bridgehead atoms. The van der Waals surface area contributed by atoms with Crippen molar-refractivity contribution in [2.75, 3.05) is 6.54 Å². The lowest BCUT2D eigenvalue weighted by atomic mass is 10.0. The van der Waals surface area contributed by atoms with E-state index < -0.39 is 16.1 Å². The normalized spacial score (nSPS) is 18.4. The Kier molecular flexibility index (Phi) is 5.68. The van der Waals surface area contributed by atoms with Gasteiger partial charge in [-0.25, -0.2) is 12.8 Å². The molecule has 2 aromatic rings. The van der Waals surface area contributed by atoms with E-state index in [0.29, 0.717) is 18.5 Å². The van der Waals surface area contributed by atoms with Crippen LogP contribution in [0.4, 0.5) is 4.39 Å². The Morgan fingerprint density at radius 2 is 1.88 bits per heavy atom. The molecule has 1 aliphatic rings. The molecule has 1 saturated heterocycles. The van der Waals surface area contributed by atoms with Crippen molar-refractivity contribution >= 4 is 15.9 Å². The fourth-order valence-electron chi connectivity index (χ4n) is 3.14. The van der Waals surface area contributed by atoms with Gasteiger partial charge in [0.05, 0.1) is 4.90 Å². The predicted molar refractivity (Wildman–Crippen MR) is 96.2 cm³/mol. The maximum atomic E-state index is 13.3. The second-order valence-electron chi connectivity index (χ2n) is 6.29. The Morgan fingerprint density at radius 1 is 1.12 bits per heavy atom. The average Bonchev–Trinajstić information content (AvgIpc) is 2.67. The van der Waals surface area contributed by atoms with E-state index in [-0.39, 0.29) is 23.2 Å². The van der Waals surface area contributed by atoms with Crippen LogP contribution in [0.25, 0.3) is 0 Å². The highest BCUT2D eigenvalue weighted by Gasteiger charge is 2.37. The van der Waals surface area contributed by atoms with Gasteiger partial charge >= 0.3 is 0 Å². The molecular weight excluding hydrogens is 355 g/mol. The van der Waals surface area contributed by atoms with Crippen LogP contribution in [0.2, 0.25) is 0 Å². The van der Waals surface area contributed by atoms with Gasteiger partial charge in [-0.1, -0.05) is 36.8 Å². The molecule has 0 aromatic heterocycles. The Balaban J connectivity index is 1.75. The smallest absolute Gasteiger partial charge is 0.243 e. The van der Waals surface area contributed by atoms with Crippen LogP contribution in [0.3, 0.4) is 0 Å². The molecule has 0 aliphatic carbocycles. The number of sulfonamides is 1. The summed E-state index contributed by atoms with van der Waals surface area (Å²) in [5, 5.41) is 2.74. The summed E-state index contributed by atoms with van der Waals surface area (Å²) in [7, 11) is -3.73. The van der Waals surface area contributed by atoms with Gasteiger partial charge in [-0.15, -0.1) is 0 Å². The van der Waals surface area contributed by atoms with E-state index in [1.807, 2.05) is 0 Å². The lowest BCUT2D eigenvalue weighted by Crippen LogP contribution is -2.51. The number of benzene rings is 2. The van der Waals surface area contributed by atoms with Crippen molar-refractivity contribution in [2.24, 2.45) is 0 Å². The molecule has 1 aliphatic heterocycles. The maximum Gasteiger partial charge on any atom is 0.243 e. The first kappa shape index (κ1) is 18.5. The second kappa shape index (κ2) is 7.97. The van der Waals surface area contributed by atoms with Gasteiger partial charge in [0.1, 0.15) is 11.9 Å². The van der Waals surface area contributed by atoms with Crippen LogP contribution in [-0.4, -0.2) is 31.2 Å². The van der Waals surface area contributed by atoms with Gasteiger partial charge in [-0.2, -0.15) is 4.31 Å². The van der Waals surface area contributed by atoms with E-state index in [2.05, 4.69) is 5.32 Å². The molecule has 3 rings (SSSR count). The summed E-state index contributed by atoms with van der Waals surface area (Å²) in [6.45, 7) is 0.474. The van der Waals surface area contributed by atoms with Gasteiger partial charge in [-0.3, -0.25) is 4.79 Å². The van der Waals surface area contributed by atoms with Crippen molar-refractivity contribution in [3.8, 4) is 0 Å². The quantitative estimate of drug-likeness (QED) is 0.873. The van der Waals surface area contributed by atoms with Crippen molar-refractivity contribution in [2.45, 2.75) is 36.7 Å². The monoisotopic (exact) mass is 376 g/mol. The van der Waals surface area contributed by atoms with Gasteiger partial charge in [0.15, 0.2) is 0 Å². The standard InChI is InChI=1S/C19H21FN2O3S/c20-16-8-6-7-15(13-16)14-21-19(23)18-11-4-5-12-22(18)26(24,25)17-9-2-1-3-10-17/h1-3,6-10,13,18H,4-5,11-12,14H2,(H,21,23). The molecule has 1 heterocycles. The van der Waals surface area contributed by atoms with E-state index in [9.17, 15) is 17.6 Å². The summed E-state index contributed by atoms with van der Waals surface area (Å²) in [6, 6.07) is 13.4. The highest BCUT2D eigenvalue weighted by Crippen LogP contribution is 2.25. The minimum Gasteiger partial charge on any atom is -0.351 e. The fraction of sp³-hybridized carbons (Fsp3) is 0.316. The van der Waals surface area contributed by atoms with Crippen LogP contribution < -0.4 is 5.32 Å². The van der Waals surface area contributed by atoms with Crippen LogP contribution in [0.5, 0.6) is 0 Å². The molecule has 1 unspecified atom stereocenters. The Morgan fingerprint density at radius 3 is 2.62 bits per heavy atom. The maximum absolute atomic E-state index is 13.3. The zero-order chi connectivity index (χ0) is 18.6. The molecule has 7 heteroatoms. The number of hydrogen-bond acceptors (Lipinski definition) is 3. The minimum atomic E-state index is -3.73. The van der Waals surface area contributed by atoms with Crippen LogP contribution >= 0.6 is 0 Å². The second-order valence-corrected chi connectivity index (χ2v) is 8.18. The molecule has 0 saturated carbocycles. The molecule has 138 valence electrons. The minimum absolute atomic E-state index is 0.159. The van der Waals surface area contributed by atoms with E-state index in [4.69, 9.17) is 0 Å². The first-order valence-corrected chi connectivity index (χ1v) is 10.0. The highest BCUT2D eigenvalue weighted by molar-refractivity contribution is 7.89. The number of carbonyl (C=O) groups excluding carboxylic acids is 1. The summed E-state index contributed by atoms with van der Waals surface area (Å²) in [6.07, 6.45) is 1.99. The lowest BCUT2D eigenvalue weighted by Gasteiger charge is -2.33. The van der Waals surface area contributed by atoms with Crippen LogP contribution in [0.15, 0.2) is 59.5 Å². The molecular formula is C19H21FN2O3S. The molecule has 1 fully saturated rings. The summed E-state index contributed by atoms with van der Waals surface area (Å²) < 4.78 is 40.4. The SMILES string of the molecule is O=C(NCc1cccc(F)c1)C1CCCCN1S(=O)(=O)c1ccccc1. The Hall–Kier alpha value is -2.25. The third-order valence-electron chi connectivity index (χ3n) is 4.46. The van der Waals surface area contributed by atoms with E-state index in [0.717, 1.165) is 12.8 Å². The van der Waals surface area contributed by atoms with E-state index in [1.54, 1.807) is 30.3 Å². The van der Waals surface area contributed by atoms with Gasteiger partial charge in [-0.05, 0) is 42.7 Å². The predicted octanol–water partition coefficient (Wildman–Crippen LogP) is 2.69. The number of carbonyl (C=O) groups is 1. The van der Waals surface area contributed by atoms with Gasteiger partial charge in [0.25, 0.3) is 0 Å². The molecule has 1 amide bonds. The largest absolute Gasteiger partial charge is 0.351 e. The number of amides is 1. The fourth-order valence-corrected chi connectivity index (χ4v) is 4.81. The van der Waals surface area contributed by atoms with Gasteiger partial charge in [0, 0.05) is 13.1 Å². The van der Waals surface area contributed by atoms with Crippen molar-refractivity contribution in [3.63, 3.8) is 0 Å². The number of rotatable bonds is 5. The summed E-state index contributed by atoms with van der Waals surface area (Å²) in [5.74, 6) is -0.726. The molecule has 1 N–H and O–H groups in total. The number of piperidine rings is 1. The Bertz CT molecular complexity index is 871. The topological polar surface area (TPSA) is 66.5 Å². The van der Waals surface area contributed by atoms with Crippen molar-refractivity contribution in [3.05, 3.63) is 66.0 Å². The number of nitrogens with one attached hydrogen (secondary N) is 1. The Labute approximate surface area is 152 Å². The van der Waals surface area contributed by atoms with E-state index >= 15 is 0 Å². The number of hydrogen-bond donors (Lipinski definition) is 1. The molecule has 26 heavy (non-hydrogen) atoms. The third kappa shape index (κ3) is 4.11. The molecule has 0 radical (unpaired) electrons. The first-order valence-electron chi connectivity index (χ1n) is 8.57. The zero-order valence-corrected chi connectivity index (χ0v) is 15.1. The lowest BCUT2D eigenvalue weighted by molar-refractivity contribution is -0.125. The van der Waals surface area contributed by atoms with Crippen molar-refractivity contribution < 1.29 is 17.6 Å². The first-order chi connectivity index (χ1) is 12.5. The summed E-state index contributed by atoms with van der Waals surface area (Å²) in [5.41, 5.74) is 0.631. The van der Waals surface area contributed by atoms with Crippen molar-refractivity contribution in [1.82, 2.24) is 9.62 Å². The highest BCUT2D eigenvalue weighted by atomic mass is 32.2. The molecule has 5 nitrogen and oxygen atoms in total. The molecule has 2 aromatic carbocycles. The van der Waals surface area contributed by atoms with Crippen LogP contribution in [-0.2, 0) is 21.4 Å². The third-order valence-corrected chi connectivity index (χ3v) is 6.38. The summed E-state index contributed by atoms with van der Waals surface area (Å²) in [4.78, 5) is 12.8. The van der Waals surface area contributed by atoms with E-state index in [1.165, 1.54) is 28.6 Å². The average molecular weight is 376 g/mol. The number of halogens is 1. The summed E-state index contributed by atoms with van der Waals surface area (Å²) >= 11 is 0. The van der Waals surface area contributed by atoms with Crippen LogP contribution in [0.1, 0.15) is 24.8 Å². The molecule has 1 atom stereocenters. The van der Waals surface area contributed by atoms with Crippen LogP contribution in [0, 0.1) is 5.82 Å². The zero-order valence-electron chi connectivity index (χ0n) is 14.3. The van der Waals surface area contributed by atoms with Gasteiger partial charge in [0.2, 0.25) is 15.9 Å². The van der Waals surface area contributed by atoms with Crippen molar-refractivity contribution in [1.29, 1.82) is 0 Å². The molecule has 0 spiro atoms. The number of nitrogens with zero attached hydrogens (tertiary/aromatic N) is 1.